The van der Waals surface area contributed by atoms with Crippen LogP contribution in [-0.4, -0.2) is 23.8 Å². The number of ether oxygens (including phenoxy) is 1. The van der Waals surface area contributed by atoms with Crippen LogP contribution >= 0.6 is 0 Å². The van der Waals surface area contributed by atoms with Crippen molar-refractivity contribution in [2.24, 2.45) is 0 Å². The lowest BCUT2D eigenvalue weighted by Gasteiger charge is -2.06. The van der Waals surface area contributed by atoms with Crippen LogP contribution in [0.4, 0.5) is 0 Å². The third-order valence-electron chi connectivity index (χ3n) is 4.88. The minimum Gasteiger partial charge on any atom is -0.497 e. The maximum Gasteiger partial charge on any atom is 0.138 e. The largest absolute Gasteiger partial charge is 0.497 e. The Bertz CT molecular complexity index is 1030. The van der Waals surface area contributed by atoms with E-state index in [9.17, 15) is 0 Å². The molecule has 4 rings (SSSR count). The van der Waals surface area contributed by atoms with Crippen molar-refractivity contribution in [3.8, 4) is 17.0 Å². The summed E-state index contributed by atoms with van der Waals surface area (Å²) in [5.74, 6) is 1.74. The van der Waals surface area contributed by atoms with E-state index >= 15 is 0 Å². The zero-order valence-electron chi connectivity index (χ0n) is 15.6. The van der Waals surface area contributed by atoms with Crippen molar-refractivity contribution in [2.75, 3.05) is 13.7 Å². The maximum atomic E-state index is 5.43. The van der Waals surface area contributed by atoms with Crippen LogP contribution in [0.2, 0.25) is 0 Å². The number of fused-ring (bicyclic) bond motifs is 1. The van der Waals surface area contributed by atoms with Gasteiger partial charge in [-0.1, -0.05) is 35.5 Å². The number of hydrogen-bond donors (Lipinski definition) is 2. The predicted molar refractivity (Wildman–Crippen MR) is 107 cm³/mol. The summed E-state index contributed by atoms with van der Waals surface area (Å²) in [6.45, 7) is 3.55. The number of hydrogen-bond acceptors (Lipinski definition) is 4. The Labute approximate surface area is 158 Å². The Kier molecular flexibility index (Phi) is 4.94. The van der Waals surface area contributed by atoms with Crippen molar-refractivity contribution in [2.45, 2.75) is 19.9 Å². The van der Waals surface area contributed by atoms with Gasteiger partial charge >= 0.3 is 0 Å². The van der Waals surface area contributed by atoms with Gasteiger partial charge in [0.05, 0.1) is 7.11 Å². The molecule has 5 heteroatoms. The van der Waals surface area contributed by atoms with Gasteiger partial charge in [0.25, 0.3) is 0 Å². The van der Waals surface area contributed by atoms with Crippen molar-refractivity contribution in [3.63, 3.8) is 0 Å². The van der Waals surface area contributed by atoms with Gasteiger partial charge in [0.1, 0.15) is 17.2 Å². The van der Waals surface area contributed by atoms with Gasteiger partial charge in [-0.25, -0.2) is 0 Å². The van der Waals surface area contributed by atoms with Gasteiger partial charge in [0.2, 0.25) is 0 Å². The molecule has 4 aromatic rings. The molecule has 138 valence electrons. The molecule has 0 bridgehead atoms. The molecule has 0 amide bonds. The molecular weight excluding hydrogens is 338 g/mol. The molecule has 0 radical (unpaired) electrons. The minimum atomic E-state index is 0.727. The number of H-pyrrole nitrogens is 1. The lowest BCUT2D eigenvalue weighted by molar-refractivity contribution is 0.397. The number of methoxy groups -OCH3 is 1. The molecule has 0 saturated heterocycles. The zero-order chi connectivity index (χ0) is 18.6. The first-order valence-electron chi connectivity index (χ1n) is 9.11. The SMILES string of the molecule is COc1ccc2[nH]cc(CCNCc3c(-c4ccccc4)noc3C)c2c1. The number of aromatic nitrogens is 2. The first-order chi connectivity index (χ1) is 13.3. The first-order valence-corrected chi connectivity index (χ1v) is 9.11. The Morgan fingerprint density at radius 3 is 2.81 bits per heavy atom. The van der Waals surface area contributed by atoms with Crippen molar-refractivity contribution < 1.29 is 9.26 Å². The number of aromatic amines is 1. The standard InChI is InChI=1S/C22H23N3O2/c1-15-20(22(25-27-15)16-6-4-3-5-7-16)14-23-11-10-17-13-24-21-9-8-18(26-2)12-19(17)21/h3-9,12-13,23-24H,10-11,14H2,1-2H3. The van der Waals surface area contributed by atoms with Crippen LogP contribution in [0, 0.1) is 6.92 Å². The lowest BCUT2D eigenvalue weighted by atomic mass is 10.1. The fraction of sp³-hybridized carbons (Fsp3) is 0.227. The molecule has 5 nitrogen and oxygen atoms in total. The molecule has 0 fully saturated rings. The summed E-state index contributed by atoms with van der Waals surface area (Å²) in [6.07, 6.45) is 3.00. The monoisotopic (exact) mass is 361 g/mol. The molecule has 2 aromatic heterocycles. The van der Waals surface area contributed by atoms with Gasteiger partial charge in [-0.15, -0.1) is 0 Å². The van der Waals surface area contributed by atoms with Gasteiger partial charge < -0.3 is 19.6 Å². The highest BCUT2D eigenvalue weighted by Crippen LogP contribution is 2.25. The highest BCUT2D eigenvalue weighted by Gasteiger charge is 2.14. The Morgan fingerprint density at radius 2 is 2.00 bits per heavy atom. The van der Waals surface area contributed by atoms with Gasteiger partial charge in [0, 0.05) is 34.8 Å². The molecular formula is C22H23N3O2. The first kappa shape index (κ1) is 17.4. The number of aryl methyl sites for hydroxylation is 1. The average Bonchev–Trinajstić information content (AvgIpc) is 3.29. The summed E-state index contributed by atoms with van der Waals surface area (Å²) >= 11 is 0. The van der Waals surface area contributed by atoms with E-state index in [1.807, 2.05) is 31.2 Å². The van der Waals surface area contributed by atoms with Crippen LogP contribution in [0.5, 0.6) is 5.75 Å². The summed E-state index contributed by atoms with van der Waals surface area (Å²) in [5, 5.41) is 8.98. The van der Waals surface area contributed by atoms with Crippen molar-refractivity contribution in [1.82, 2.24) is 15.5 Å². The molecule has 0 aliphatic rings. The van der Waals surface area contributed by atoms with Crippen molar-refractivity contribution in [1.29, 1.82) is 0 Å². The summed E-state index contributed by atoms with van der Waals surface area (Å²) < 4.78 is 10.8. The fourth-order valence-electron chi connectivity index (χ4n) is 3.35. The average molecular weight is 361 g/mol. The molecule has 2 aromatic carbocycles. The Balaban J connectivity index is 1.42. The fourth-order valence-corrected chi connectivity index (χ4v) is 3.35. The second-order valence-electron chi connectivity index (χ2n) is 6.58. The summed E-state index contributed by atoms with van der Waals surface area (Å²) in [7, 11) is 1.70. The molecule has 27 heavy (non-hydrogen) atoms. The second kappa shape index (κ2) is 7.68. The number of nitrogens with one attached hydrogen (secondary N) is 2. The predicted octanol–water partition coefficient (Wildman–Crippen LogP) is 4.47. The van der Waals surface area contributed by atoms with Crippen LogP contribution in [0.1, 0.15) is 16.9 Å². The van der Waals surface area contributed by atoms with Crippen LogP contribution < -0.4 is 10.1 Å². The van der Waals surface area contributed by atoms with Gasteiger partial charge in [0.15, 0.2) is 0 Å². The van der Waals surface area contributed by atoms with Gasteiger partial charge in [-0.2, -0.15) is 0 Å². The summed E-state index contributed by atoms with van der Waals surface area (Å²) in [4.78, 5) is 3.33. The highest BCUT2D eigenvalue weighted by atomic mass is 16.5. The summed E-state index contributed by atoms with van der Waals surface area (Å²) in [6, 6.07) is 16.3. The highest BCUT2D eigenvalue weighted by molar-refractivity contribution is 5.84. The van der Waals surface area contributed by atoms with E-state index in [-0.39, 0.29) is 0 Å². The third kappa shape index (κ3) is 3.59. The topological polar surface area (TPSA) is 63.1 Å². The van der Waals surface area contributed by atoms with Gasteiger partial charge in [-0.3, -0.25) is 0 Å². The smallest absolute Gasteiger partial charge is 0.138 e. The van der Waals surface area contributed by atoms with E-state index in [0.717, 1.165) is 53.4 Å². The van der Waals surface area contributed by atoms with Crippen molar-refractivity contribution in [3.05, 3.63) is 71.6 Å². The number of rotatable bonds is 7. The number of benzene rings is 2. The Hall–Kier alpha value is -3.05. The van der Waals surface area contributed by atoms with Crippen LogP contribution in [0.15, 0.2) is 59.3 Å². The number of nitrogens with zero attached hydrogens (tertiary/aromatic N) is 1. The normalized spacial score (nSPS) is 11.2. The van der Waals surface area contributed by atoms with Crippen LogP contribution in [-0.2, 0) is 13.0 Å². The molecule has 0 atom stereocenters. The van der Waals surface area contributed by atoms with E-state index in [0.29, 0.717) is 0 Å². The molecule has 0 saturated carbocycles. The van der Waals surface area contributed by atoms with E-state index < -0.39 is 0 Å². The molecule has 0 aliphatic heterocycles. The lowest BCUT2D eigenvalue weighted by Crippen LogP contribution is -2.17. The second-order valence-corrected chi connectivity index (χ2v) is 6.58. The van der Waals surface area contributed by atoms with E-state index in [1.165, 1.54) is 10.9 Å². The molecule has 0 spiro atoms. The van der Waals surface area contributed by atoms with E-state index in [4.69, 9.17) is 9.26 Å². The van der Waals surface area contributed by atoms with Crippen molar-refractivity contribution >= 4 is 10.9 Å². The third-order valence-corrected chi connectivity index (χ3v) is 4.88. The molecule has 2 heterocycles. The van der Waals surface area contributed by atoms with E-state index in [2.05, 4.69) is 45.9 Å². The molecule has 0 aliphatic carbocycles. The zero-order valence-corrected chi connectivity index (χ0v) is 15.6. The van der Waals surface area contributed by atoms with Crippen LogP contribution in [0.3, 0.4) is 0 Å². The van der Waals surface area contributed by atoms with Crippen LogP contribution in [0.25, 0.3) is 22.2 Å². The summed E-state index contributed by atoms with van der Waals surface area (Å²) in [5.41, 5.74) is 5.52. The Morgan fingerprint density at radius 1 is 1.15 bits per heavy atom. The molecule has 0 unspecified atom stereocenters. The van der Waals surface area contributed by atoms with E-state index in [1.54, 1.807) is 7.11 Å². The van der Waals surface area contributed by atoms with Gasteiger partial charge in [-0.05, 0) is 43.7 Å². The maximum absolute atomic E-state index is 5.43. The quantitative estimate of drug-likeness (QED) is 0.477. The minimum absolute atomic E-state index is 0.727. The molecule has 2 N–H and O–H groups in total.